The molecule has 0 fully saturated rings. The summed E-state index contributed by atoms with van der Waals surface area (Å²) in [5, 5.41) is 0. The largest absolute Gasteiger partial charge is 0.289 e. The third-order valence-corrected chi connectivity index (χ3v) is 15.1. The number of Topliss-reactive ketones (excluding diaryl/α,β-unsaturated/α-hetero) is 2. The highest BCUT2D eigenvalue weighted by Gasteiger charge is 2.38. The van der Waals surface area contributed by atoms with Crippen molar-refractivity contribution < 1.29 is 9.59 Å². The molecule has 2 heteroatoms. The minimum Gasteiger partial charge on any atom is -0.289 e. The standard InChI is InChI=1S/C84H50O2/c85-83-79(67-33-17-5-18-34-67)75(77(81(83)69-37-21-7-22-38-69)73-55-63(45-41-59-25-9-1-10-26-59)53-64(56-73)46-42-60-27-11-2-12-28-60)71-49-51-72(52-50-71)76-78(82(70-39-23-8-24-40-70)84(86)80(76)68-35-19-6-20-36-68)74-57-65(47-43-61-29-13-3-14-30-61)54-66(58-74)48-44-62-31-15-4-16-32-62/h1-40,49-58H. The van der Waals surface area contributed by atoms with E-state index >= 15 is 9.59 Å². The Bertz CT molecular complexity index is 4350. The van der Waals surface area contributed by atoms with E-state index in [4.69, 9.17) is 0 Å². The third kappa shape index (κ3) is 11.4. The molecule has 13 rings (SSSR count). The Morgan fingerprint density at radius 3 is 0.547 bits per heavy atom. The van der Waals surface area contributed by atoms with Crippen LogP contribution in [0.5, 0.6) is 0 Å². The minimum absolute atomic E-state index is 0.0937. The van der Waals surface area contributed by atoms with Crippen LogP contribution in [0.1, 0.15) is 89.0 Å². The van der Waals surface area contributed by atoms with Gasteiger partial charge in [0.2, 0.25) is 0 Å². The van der Waals surface area contributed by atoms with Gasteiger partial charge < -0.3 is 0 Å². The highest BCUT2D eigenvalue weighted by molar-refractivity contribution is 6.60. The predicted octanol–water partition coefficient (Wildman–Crippen LogP) is 17.5. The maximum atomic E-state index is 15.8. The zero-order valence-corrected chi connectivity index (χ0v) is 46.7. The van der Waals surface area contributed by atoms with Crippen molar-refractivity contribution in [2.45, 2.75) is 0 Å². The highest BCUT2D eigenvalue weighted by Crippen LogP contribution is 2.53. The summed E-state index contributed by atoms with van der Waals surface area (Å²) in [6.45, 7) is 0. The summed E-state index contributed by atoms with van der Waals surface area (Å²) in [7, 11) is 0. The van der Waals surface area contributed by atoms with Gasteiger partial charge in [0.1, 0.15) is 0 Å². The van der Waals surface area contributed by atoms with Crippen molar-refractivity contribution in [3.8, 4) is 47.4 Å². The first kappa shape index (κ1) is 53.3. The molecule has 0 saturated heterocycles. The van der Waals surface area contributed by atoms with Crippen molar-refractivity contribution in [1.29, 1.82) is 0 Å². The first-order valence-electron chi connectivity index (χ1n) is 28.5. The van der Waals surface area contributed by atoms with E-state index in [9.17, 15) is 0 Å². The fourth-order valence-electron chi connectivity index (χ4n) is 11.2. The molecule has 0 aromatic heterocycles. The van der Waals surface area contributed by atoms with Crippen molar-refractivity contribution >= 4 is 56.2 Å². The molecule has 0 bridgehead atoms. The molecule has 0 heterocycles. The van der Waals surface area contributed by atoms with Gasteiger partial charge in [-0.15, -0.1) is 0 Å². The Balaban J connectivity index is 1.04. The van der Waals surface area contributed by atoms with Gasteiger partial charge in [0.05, 0.1) is 0 Å². The molecule has 398 valence electrons. The lowest BCUT2D eigenvalue weighted by molar-refractivity contribution is -0.109. The molecule has 0 N–H and O–H groups in total. The molecule has 0 amide bonds. The van der Waals surface area contributed by atoms with Crippen molar-refractivity contribution in [1.82, 2.24) is 0 Å². The minimum atomic E-state index is -0.0937. The van der Waals surface area contributed by atoms with E-state index in [1.54, 1.807) is 0 Å². The van der Waals surface area contributed by atoms with Crippen molar-refractivity contribution in [2.75, 3.05) is 0 Å². The van der Waals surface area contributed by atoms with Crippen molar-refractivity contribution in [2.24, 2.45) is 0 Å². The highest BCUT2D eigenvalue weighted by atomic mass is 16.1. The normalized spacial score (nSPS) is 12.6. The van der Waals surface area contributed by atoms with Gasteiger partial charge in [-0.3, -0.25) is 9.59 Å². The second kappa shape index (κ2) is 24.6. The molecule has 2 nitrogen and oxygen atoms in total. The lowest BCUT2D eigenvalue weighted by Crippen LogP contribution is -2.02. The summed E-state index contributed by atoms with van der Waals surface area (Å²) >= 11 is 0. The van der Waals surface area contributed by atoms with Crippen molar-refractivity contribution in [3.63, 3.8) is 0 Å². The van der Waals surface area contributed by atoms with E-state index in [1.165, 1.54) is 0 Å². The number of carbonyl (C=O) groups excluding carboxylic acids is 2. The van der Waals surface area contributed by atoms with E-state index in [2.05, 4.69) is 95.9 Å². The van der Waals surface area contributed by atoms with Gasteiger partial charge in [-0.05, 0) is 129 Å². The number of allylic oxidation sites excluding steroid dienone is 8. The Morgan fingerprint density at radius 1 is 0.151 bits per heavy atom. The SMILES string of the molecule is O=C1C(c2ccccc2)=C(c2ccc(C3=C(c4ccccc4)C(=O)C(c4ccccc4)=C3c3cc(C#Cc4ccccc4)cc(C#Cc4ccccc4)c3)cc2)C(c2cc(C#Cc3ccccc3)cc(C#Cc3ccccc3)c2)=C1c1ccccc1. The van der Waals surface area contributed by atoms with E-state index in [0.29, 0.717) is 22.3 Å². The summed E-state index contributed by atoms with van der Waals surface area (Å²) in [4.78, 5) is 31.6. The molecule has 0 unspecified atom stereocenters. The lowest BCUT2D eigenvalue weighted by Gasteiger charge is -2.17. The Morgan fingerprint density at radius 2 is 0.326 bits per heavy atom. The van der Waals surface area contributed by atoms with Gasteiger partial charge in [0, 0.05) is 89.1 Å². The van der Waals surface area contributed by atoms with Gasteiger partial charge >= 0.3 is 0 Å². The molecule has 2 aliphatic rings. The summed E-state index contributed by atoms with van der Waals surface area (Å²) in [5.74, 6) is 27.2. The monoisotopic (exact) mass is 1090 g/mol. The van der Waals surface area contributed by atoms with Gasteiger partial charge in [-0.2, -0.15) is 0 Å². The number of benzene rings is 11. The predicted molar refractivity (Wildman–Crippen MR) is 352 cm³/mol. The third-order valence-electron chi connectivity index (χ3n) is 15.1. The Hall–Kier alpha value is -12.0. The van der Waals surface area contributed by atoms with Gasteiger partial charge in [-0.25, -0.2) is 0 Å². The number of rotatable bonds is 8. The topological polar surface area (TPSA) is 34.1 Å². The molecule has 0 aliphatic heterocycles. The van der Waals surface area contributed by atoms with E-state index in [0.717, 1.165) is 111 Å². The van der Waals surface area contributed by atoms with E-state index in [1.807, 2.05) is 255 Å². The van der Waals surface area contributed by atoms with Crippen LogP contribution in [-0.2, 0) is 9.59 Å². The molecule has 0 saturated carbocycles. The van der Waals surface area contributed by atoms with Crippen LogP contribution in [0.2, 0.25) is 0 Å². The summed E-state index contributed by atoms with van der Waals surface area (Å²) in [5.41, 5.74) is 18.3. The lowest BCUT2D eigenvalue weighted by atomic mass is 9.85. The molecular formula is C84H50O2. The molecular weight excluding hydrogens is 1040 g/mol. The fraction of sp³-hybridized carbons (Fsp3) is 0. The number of ketones is 2. The molecule has 2 aliphatic carbocycles. The second-order valence-corrected chi connectivity index (χ2v) is 20.8. The van der Waals surface area contributed by atoms with Gasteiger partial charge in [0.25, 0.3) is 0 Å². The van der Waals surface area contributed by atoms with Gasteiger partial charge in [-0.1, -0.05) is 266 Å². The first-order chi connectivity index (χ1) is 42.5. The smallest absolute Gasteiger partial charge is 0.195 e. The average Bonchev–Trinajstić information content (AvgIpc) is 1.93. The fourth-order valence-corrected chi connectivity index (χ4v) is 11.2. The first-order valence-corrected chi connectivity index (χ1v) is 28.5. The maximum absolute atomic E-state index is 15.8. The zero-order valence-electron chi connectivity index (χ0n) is 46.7. The quantitative estimate of drug-likeness (QED) is 0.142. The summed E-state index contributed by atoms with van der Waals surface area (Å²) in [6.07, 6.45) is 0. The van der Waals surface area contributed by atoms with Gasteiger partial charge in [0.15, 0.2) is 11.6 Å². The van der Waals surface area contributed by atoms with Crippen LogP contribution in [-0.4, -0.2) is 11.6 Å². The van der Waals surface area contributed by atoms with Crippen LogP contribution in [0.15, 0.2) is 303 Å². The van der Waals surface area contributed by atoms with Crippen LogP contribution in [0.3, 0.4) is 0 Å². The molecule has 11 aromatic carbocycles. The zero-order chi connectivity index (χ0) is 58.0. The Kier molecular flexibility index (Phi) is 15.2. The molecule has 11 aromatic rings. The molecule has 0 radical (unpaired) electrons. The van der Waals surface area contributed by atoms with Crippen LogP contribution < -0.4 is 0 Å². The molecule has 86 heavy (non-hydrogen) atoms. The van der Waals surface area contributed by atoms with Crippen LogP contribution in [0.4, 0.5) is 0 Å². The van der Waals surface area contributed by atoms with E-state index in [-0.39, 0.29) is 11.6 Å². The second-order valence-electron chi connectivity index (χ2n) is 20.8. The van der Waals surface area contributed by atoms with Crippen LogP contribution in [0, 0.1) is 47.4 Å². The van der Waals surface area contributed by atoms with E-state index < -0.39 is 0 Å². The number of carbonyl (C=O) groups is 2. The molecule has 0 spiro atoms. The van der Waals surface area contributed by atoms with Crippen LogP contribution in [0.25, 0.3) is 44.6 Å². The average molecular weight is 1090 g/mol. The Labute approximate surface area is 502 Å². The van der Waals surface area contributed by atoms with Crippen LogP contribution >= 0.6 is 0 Å². The van der Waals surface area contributed by atoms with Crippen molar-refractivity contribution in [3.05, 3.63) is 392 Å². The number of hydrogen-bond acceptors (Lipinski definition) is 2. The maximum Gasteiger partial charge on any atom is 0.195 e. The molecule has 0 atom stereocenters. The summed E-state index contributed by atoms with van der Waals surface area (Å²) < 4.78 is 0. The summed E-state index contributed by atoms with van der Waals surface area (Å²) in [6, 6.07) is 100. The number of hydrogen-bond donors (Lipinski definition) is 0.